The summed E-state index contributed by atoms with van der Waals surface area (Å²) in [6.07, 6.45) is 5.33. The number of nitrogens with two attached hydrogens (primary N) is 1. The minimum absolute atomic E-state index is 0.442. The van der Waals surface area contributed by atoms with Crippen LogP contribution in [-0.2, 0) is 6.54 Å². The Hall–Kier alpha value is -1.09. The van der Waals surface area contributed by atoms with Crippen molar-refractivity contribution in [3.63, 3.8) is 0 Å². The van der Waals surface area contributed by atoms with E-state index in [2.05, 4.69) is 44.9 Å². The lowest BCUT2D eigenvalue weighted by Gasteiger charge is -2.37. The summed E-state index contributed by atoms with van der Waals surface area (Å²) in [7, 11) is 2.19. The summed E-state index contributed by atoms with van der Waals surface area (Å²) in [5, 5.41) is 0. The Morgan fingerprint density at radius 3 is 2.60 bits per heavy atom. The van der Waals surface area contributed by atoms with Gasteiger partial charge in [0.15, 0.2) is 0 Å². The molecule has 0 spiro atoms. The van der Waals surface area contributed by atoms with E-state index in [0.29, 0.717) is 18.5 Å². The predicted molar refractivity (Wildman–Crippen MR) is 86.0 cm³/mol. The van der Waals surface area contributed by atoms with Gasteiger partial charge in [-0.05, 0) is 42.4 Å². The molecule has 2 N–H and O–H groups in total. The van der Waals surface area contributed by atoms with E-state index in [1.165, 1.54) is 31.2 Å². The molecule has 1 aromatic rings. The lowest BCUT2D eigenvalue weighted by molar-refractivity contribution is 0.320. The predicted octanol–water partition coefficient (Wildman–Crippen LogP) is 3.68. The van der Waals surface area contributed by atoms with Crippen molar-refractivity contribution in [3.05, 3.63) is 23.4 Å². The Morgan fingerprint density at radius 2 is 2.00 bits per heavy atom. The molecule has 0 aromatic carbocycles. The maximum atomic E-state index is 5.85. The van der Waals surface area contributed by atoms with Gasteiger partial charge in [0, 0.05) is 25.3 Å². The normalized spacial score (nSPS) is 23.1. The molecule has 20 heavy (non-hydrogen) atoms. The number of nitrogens with zero attached hydrogens (tertiary/aromatic N) is 2. The molecular formula is C17H29N3. The average molecular weight is 275 g/mol. The van der Waals surface area contributed by atoms with Gasteiger partial charge >= 0.3 is 0 Å². The molecule has 1 saturated carbocycles. The molecule has 0 aliphatic heterocycles. The first kappa shape index (κ1) is 15.3. The highest BCUT2D eigenvalue weighted by molar-refractivity contribution is 5.44. The van der Waals surface area contributed by atoms with Gasteiger partial charge in [-0.1, -0.05) is 33.6 Å². The Labute approximate surface area is 123 Å². The van der Waals surface area contributed by atoms with Crippen LogP contribution in [0.15, 0.2) is 12.1 Å². The molecule has 112 valence electrons. The topological polar surface area (TPSA) is 42.1 Å². The molecule has 3 nitrogen and oxygen atoms in total. The molecule has 1 aromatic heterocycles. The van der Waals surface area contributed by atoms with Gasteiger partial charge < -0.3 is 10.6 Å². The zero-order valence-corrected chi connectivity index (χ0v) is 13.4. The summed E-state index contributed by atoms with van der Waals surface area (Å²) in [5.74, 6) is 2.28. The van der Waals surface area contributed by atoms with Crippen molar-refractivity contribution in [2.24, 2.45) is 11.7 Å². The highest BCUT2D eigenvalue weighted by Gasteiger charge is 2.26. The molecule has 3 heteroatoms. The smallest absolute Gasteiger partial charge is 0.129 e. The van der Waals surface area contributed by atoms with E-state index >= 15 is 0 Å². The van der Waals surface area contributed by atoms with Crippen LogP contribution in [0.5, 0.6) is 0 Å². The Kier molecular flexibility index (Phi) is 5.03. The Morgan fingerprint density at radius 1 is 1.30 bits per heavy atom. The van der Waals surface area contributed by atoms with Crippen LogP contribution in [-0.4, -0.2) is 18.1 Å². The van der Waals surface area contributed by atoms with Crippen molar-refractivity contribution < 1.29 is 0 Å². The monoisotopic (exact) mass is 275 g/mol. The Bertz CT molecular complexity index is 442. The van der Waals surface area contributed by atoms with E-state index in [-0.39, 0.29) is 0 Å². The number of hydrogen-bond donors (Lipinski definition) is 1. The van der Waals surface area contributed by atoms with Gasteiger partial charge in [0.05, 0.1) is 0 Å². The van der Waals surface area contributed by atoms with Crippen LogP contribution < -0.4 is 10.6 Å². The van der Waals surface area contributed by atoms with Crippen LogP contribution in [0.3, 0.4) is 0 Å². The SMILES string of the molecule is CC(C)c1cc(CN)cc(N(C)C2CCCCC2C)n1. The molecule has 0 bridgehead atoms. The fraction of sp³-hybridized carbons (Fsp3) is 0.706. The zero-order chi connectivity index (χ0) is 14.7. The van der Waals surface area contributed by atoms with Crippen LogP contribution >= 0.6 is 0 Å². The van der Waals surface area contributed by atoms with Gasteiger partial charge in [-0.3, -0.25) is 0 Å². The molecule has 0 radical (unpaired) electrons. The third-order valence-electron chi connectivity index (χ3n) is 4.64. The first-order chi connectivity index (χ1) is 9.52. The van der Waals surface area contributed by atoms with E-state index in [9.17, 15) is 0 Å². The maximum absolute atomic E-state index is 5.85. The van der Waals surface area contributed by atoms with Gasteiger partial charge in [0.25, 0.3) is 0 Å². The molecule has 0 saturated heterocycles. The largest absolute Gasteiger partial charge is 0.356 e. The second-order valence-corrected chi connectivity index (χ2v) is 6.56. The van der Waals surface area contributed by atoms with Crippen LogP contribution in [0.4, 0.5) is 5.82 Å². The van der Waals surface area contributed by atoms with Gasteiger partial charge in [-0.25, -0.2) is 4.98 Å². The molecule has 2 atom stereocenters. The molecular weight excluding hydrogens is 246 g/mol. The fourth-order valence-electron chi connectivity index (χ4n) is 3.23. The minimum atomic E-state index is 0.442. The summed E-state index contributed by atoms with van der Waals surface area (Å²) in [6.45, 7) is 7.34. The average Bonchev–Trinajstić information content (AvgIpc) is 2.46. The summed E-state index contributed by atoms with van der Waals surface area (Å²) >= 11 is 0. The molecule has 0 amide bonds. The van der Waals surface area contributed by atoms with E-state index in [1.807, 2.05) is 0 Å². The lowest BCUT2D eigenvalue weighted by Crippen LogP contribution is -2.39. The Balaban J connectivity index is 2.28. The molecule has 1 aliphatic rings. The van der Waals surface area contributed by atoms with Crippen LogP contribution in [0.25, 0.3) is 0 Å². The van der Waals surface area contributed by atoms with Crippen molar-refractivity contribution in [1.29, 1.82) is 0 Å². The zero-order valence-electron chi connectivity index (χ0n) is 13.4. The standard InChI is InChI=1S/C17H29N3/c1-12(2)15-9-14(11-18)10-17(19-15)20(4)16-8-6-5-7-13(16)3/h9-10,12-13,16H,5-8,11,18H2,1-4H3. The summed E-state index contributed by atoms with van der Waals surface area (Å²) in [6, 6.07) is 4.92. The molecule has 1 heterocycles. The van der Waals surface area contributed by atoms with E-state index in [4.69, 9.17) is 10.7 Å². The number of aromatic nitrogens is 1. The second-order valence-electron chi connectivity index (χ2n) is 6.56. The first-order valence-corrected chi connectivity index (χ1v) is 7.96. The molecule has 2 rings (SSSR count). The van der Waals surface area contributed by atoms with Crippen LogP contribution in [0.2, 0.25) is 0 Å². The lowest BCUT2D eigenvalue weighted by atomic mass is 9.85. The van der Waals surface area contributed by atoms with E-state index < -0.39 is 0 Å². The molecule has 2 unspecified atom stereocenters. The third-order valence-corrected chi connectivity index (χ3v) is 4.64. The first-order valence-electron chi connectivity index (χ1n) is 7.96. The van der Waals surface area contributed by atoms with Crippen LogP contribution in [0, 0.1) is 5.92 Å². The van der Waals surface area contributed by atoms with Gasteiger partial charge in [-0.15, -0.1) is 0 Å². The quantitative estimate of drug-likeness (QED) is 0.911. The van der Waals surface area contributed by atoms with Crippen molar-refractivity contribution in [1.82, 2.24) is 4.98 Å². The number of pyridine rings is 1. The van der Waals surface area contributed by atoms with Gasteiger partial charge in [0.2, 0.25) is 0 Å². The fourth-order valence-corrected chi connectivity index (χ4v) is 3.23. The van der Waals surface area contributed by atoms with E-state index in [0.717, 1.165) is 17.4 Å². The molecule has 1 aliphatic carbocycles. The van der Waals surface area contributed by atoms with Crippen molar-refractivity contribution in [2.45, 2.75) is 65.0 Å². The van der Waals surface area contributed by atoms with Crippen molar-refractivity contribution in [3.8, 4) is 0 Å². The number of hydrogen-bond acceptors (Lipinski definition) is 3. The maximum Gasteiger partial charge on any atom is 0.129 e. The van der Waals surface area contributed by atoms with Crippen LogP contribution in [0.1, 0.15) is 63.6 Å². The number of rotatable bonds is 4. The van der Waals surface area contributed by atoms with E-state index in [1.54, 1.807) is 0 Å². The van der Waals surface area contributed by atoms with Gasteiger partial charge in [-0.2, -0.15) is 0 Å². The van der Waals surface area contributed by atoms with Crippen molar-refractivity contribution in [2.75, 3.05) is 11.9 Å². The molecule has 1 fully saturated rings. The van der Waals surface area contributed by atoms with Gasteiger partial charge in [0.1, 0.15) is 5.82 Å². The summed E-state index contributed by atoms with van der Waals surface area (Å²) in [5.41, 5.74) is 8.19. The second kappa shape index (κ2) is 6.57. The summed E-state index contributed by atoms with van der Waals surface area (Å²) in [4.78, 5) is 7.24. The number of anilines is 1. The minimum Gasteiger partial charge on any atom is -0.356 e. The highest BCUT2D eigenvalue weighted by atomic mass is 15.2. The third kappa shape index (κ3) is 3.32. The highest BCUT2D eigenvalue weighted by Crippen LogP contribution is 2.30. The van der Waals surface area contributed by atoms with Crippen molar-refractivity contribution >= 4 is 5.82 Å². The summed E-state index contributed by atoms with van der Waals surface area (Å²) < 4.78 is 0.